The molecule has 0 radical (unpaired) electrons. The van der Waals surface area contributed by atoms with Crippen LogP contribution in [0.15, 0.2) is 69.4 Å². The summed E-state index contributed by atoms with van der Waals surface area (Å²) in [6.07, 6.45) is 0.722. The first-order chi connectivity index (χ1) is 13.5. The summed E-state index contributed by atoms with van der Waals surface area (Å²) in [5.41, 5.74) is 1.77. The lowest BCUT2D eigenvalue weighted by Gasteiger charge is -2.13. The van der Waals surface area contributed by atoms with E-state index in [1.165, 1.54) is 40.2 Å². The van der Waals surface area contributed by atoms with Gasteiger partial charge in [-0.15, -0.1) is 11.8 Å². The second-order valence-corrected chi connectivity index (χ2v) is 8.89. The quantitative estimate of drug-likeness (QED) is 0.354. The highest BCUT2D eigenvalue weighted by molar-refractivity contribution is 8.00. The third kappa shape index (κ3) is 3.77. The van der Waals surface area contributed by atoms with Crippen molar-refractivity contribution in [3.8, 4) is 5.69 Å². The fraction of sp³-hybridized carbons (Fsp3) is 0.190. The molecule has 1 atom stereocenters. The molecule has 2 heterocycles. The highest BCUT2D eigenvalue weighted by Crippen LogP contribution is 2.35. The van der Waals surface area contributed by atoms with Gasteiger partial charge in [-0.2, -0.15) is 0 Å². The second kappa shape index (κ2) is 7.93. The van der Waals surface area contributed by atoms with Crippen LogP contribution >= 0.6 is 23.5 Å². The minimum Gasteiger partial charge on any atom is -0.293 e. The van der Waals surface area contributed by atoms with Crippen LogP contribution in [0.1, 0.15) is 23.0 Å². The minimum atomic E-state index is -0.373. The maximum Gasteiger partial charge on any atom is 0.272 e. The van der Waals surface area contributed by atoms with E-state index in [9.17, 15) is 14.0 Å². The van der Waals surface area contributed by atoms with Crippen molar-refractivity contribution in [1.82, 2.24) is 9.55 Å². The summed E-state index contributed by atoms with van der Waals surface area (Å²) in [5.74, 6) is -0.241. The number of hydrogen-bond donors (Lipinski definition) is 0. The Morgan fingerprint density at radius 3 is 2.64 bits per heavy atom. The van der Waals surface area contributed by atoms with Crippen molar-refractivity contribution >= 4 is 29.3 Å². The van der Waals surface area contributed by atoms with Crippen molar-refractivity contribution in [3.63, 3.8) is 0 Å². The molecule has 0 unspecified atom stereocenters. The van der Waals surface area contributed by atoms with Crippen molar-refractivity contribution in [2.45, 2.75) is 28.6 Å². The third-order valence-electron chi connectivity index (χ3n) is 4.39. The van der Waals surface area contributed by atoms with Gasteiger partial charge in [0.1, 0.15) is 5.82 Å². The monoisotopic (exact) mass is 412 g/mol. The highest BCUT2D eigenvalue weighted by Gasteiger charge is 2.27. The Bertz CT molecular complexity index is 1080. The van der Waals surface area contributed by atoms with Crippen LogP contribution in [0.3, 0.4) is 0 Å². The molecule has 1 aliphatic heterocycles. The van der Waals surface area contributed by atoms with Gasteiger partial charge in [0.05, 0.1) is 22.0 Å². The first-order valence-corrected chi connectivity index (χ1v) is 10.7. The zero-order chi connectivity index (χ0) is 19.7. The summed E-state index contributed by atoms with van der Waals surface area (Å²) >= 11 is 2.74. The average molecular weight is 413 g/mol. The number of benzene rings is 2. The van der Waals surface area contributed by atoms with E-state index >= 15 is 0 Å². The number of carbonyl (C=O) groups is 1. The zero-order valence-electron chi connectivity index (χ0n) is 15.1. The Morgan fingerprint density at radius 2 is 1.93 bits per heavy atom. The average Bonchev–Trinajstić information content (AvgIpc) is 3.08. The Labute approximate surface area is 170 Å². The van der Waals surface area contributed by atoms with Crippen molar-refractivity contribution in [1.29, 1.82) is 0 Å². The molecule has 0 spiro atoms. The van der Waals surface area contributed by atoms with Crippen LogP contribution in [0, 0.1) is 5.82 Å². The Hall–Kier alpha value is -2.38. The number of aromatic nitrogens is 2. The normalized spacial score (nSPS) is 15.4. The molecule has 2 aromatic carbocycles. The molecule has 0 saturated carbocycles. The molecular weight excluding hydrogens is 395 g/mol. The van der Waals surface area contributed by atoms with Crippen LogP contribution in [0.2, 0.25) is 0 Å². The SMILES string of the molecule is C[C@H]1Cc2nc(SCC(=O)c3ccccc3)n(-c3ccc(F)cc3)c(=O)c2S1. The fourth-order valence-corrected chi connectivity index (χ4v) is 5.07. The molecule has 3 aromatic rings. The maximum atomic E-state index is 13.4. The Balaban J connectivity index is 1.72. The Morgan fingerprint density at radius 1 is 1.21 bits per heavy atom. The van der Waals surface area contributed by atoms with Gasteiger partial charge in [-0.3, -0.25) is 14.2 Å². The van der Waals surface area contributed by atoms with Crippen molar-refractivity contribution in [3.05, 3.63) is 82.0 Å². The number of carbonyl (C=O) groups excluding carboxylic acids is 1. The number of halogens is 1. The van der Waals surface area contributed by atoms with Crippen LogP contribution in [-0.2, 0) is 6.42 Å². The summed E-state index contributed by atoms with van der Waals surface area (Å²) in [5, 5.41) is 0.734. The van der Waals surface area contributed by atoms with E-state index in [-0.39, 0.29) is 28.2 Å². The van der Waals surface area contributed by atoms with E-state index in [1.807, 2.05) is 18.2 Å². The third-order valence-corrected chi connectivity index (χ3v) is 6.55. The molecule has 0 saturated heterocycles. The predicted molar refractivity (Wildman–Crippen MR) is 110 cm³/mol. The van der Waals surface area contributed by atoms with Gasteiger partial charge >= 0.3 is 0 Å². The van der Waals surface area contributed by atoms with E-state index in [1.54, 1.807) is 24.3 Å². The van der Waals surface area contributed by atoms with Gasteiger partial charge in [-0.05, 0) is 24.3 Å². The summed E-state index contributed by atoms with van der Waals surface area (Å²) in [7, 11) is 0. The maximum absolute atomic E-state index is 13.4. The summed E-state index contributed by atoms with van der Waals surface area (Å²) in [6.45, 7) is 2.06. The summed E-state index contributed by atoms with van der Waals surface area (Å²) < 4.78 is 14.8. The van der Waals surface area contributed by atoms with Gasteiger partial charge in [-0.1, -0.05) is 49.0 Å². The van der Waals surface area contributed by atoms with Crippen molar-refractivity contribution in [2.24, 2.45) is 0 Å². The minimum absolute atomic E-state index is 0.0336. The fourth-order valence-electron chi connectivity index (χ4n) is 3.05. The number of fused-ring (bicyclic) bond motifs is 1. The van der Waals surface area contributed by atoms with Crippen LogP contribution in [-0.4, -0.2) is 26.3 Å². The lowest BCUT2D eigenvalue weighted by molar-refractivity contribution is 0.102. The molecule has 0 N–H and O–H groups in total. The van der Waals surface area contributed by atoms with Crippen LogP contribution in [0.5, 0.6) is 0 Å². The lowest BCUT2D eigenvalue weighted by atomic mass is 10.2. The highest BCUT2D eigenvalue weighted by atomic mass is 32.2. The lowest BCUT2D eigenvalue weighted by Crippen LogP contribution is -2.24. The number of rotatable bonds is 5. The molecule has 4 nitrogen and oxygen atoms in total. The van der Waals surface area contributed by atoms with Crippen LogP contribution < -0.4 is 5.56 Å². The van der Waals surface area contributed by atoms with Gasteiger partial charge < -0.3 is 0 Å². The first kappa shape index (κ1) is 19.0. The van der Waals surface area contributed by atoms with E-state index < -0.39 is 0 Å². The molecule has 0 aliphatic carbocycles. The van der Waals surface area contributed by atoms with Crippen LogP contribution in [0.25, 0.3) is 5.69 Å². The van der Waals surface area contributed by atoms with Crippen molar-refractivity contribution < 1.29 is 9.18 Å². The molecule has 1 aromatic heterocycles. The van der Waals surface area contributed by atoms with Gasteiger partial charge in [-0.25, -0.2) is 9.37 Å². The van der Waals surface area contributed by atoms with Crippen molar-refractivity contribution in [2.75, 3.05) is 5.75 Å². The van der Waals surface area contributed by atoms with E-state index in [0.29, 0.717) is 21.3 Å². The molecule has 1 aliphatic rings. The first-order valence-electron chi connectivity index (χ1n) is 8.82. The molecule has 0 amide bonds. The van der Waals surface area contributed by atoms with Gasteiger partial charge in [0.15, 0.2) is 10.9 Å². The number of Topliss-reactive ketones (excluding diaryl/α,β-unsaturated/α-hetero) is 1. The van der Waals surface area contributed by atoms with Gasteiger partial charge in [0.2, 0.25) is 0 Å². The van der Waals surface area contributed by atoms with E-state index in [0.717, 1.165) is 12.1 Å². The van der Waals surface area contributed by atoms with Crippen LogP contribution in [0.4, 0.5) is 4.39 Å². The summed E-state index contributed by atoms with van der Waals surface area (Å²) in [4.78, 5) is 31.0. The second-order valence-electron chi connectivity index (χ2n) is 6.50. The topological polar surface area (TPSA) is 52.0 Å². The molecule has 4 rings (SSSR count). The number of thioether (sulfide) groups is 2. The standard InChI is InChI=1S/C21H17FN2O2S2/c1-13-11-17-19(28-13)20(26)24(16-9-7-15(22)8-10-16)21(23-17)27-12-18(25)14-5-3-2-4-6-14/h2-10,13H,11-12H2,1H3/t13-/m0/s1. The molecular formula is C21H17FN2O2S2. The number of hydrogen-bond acceptors (Lipinski definition) is 5. The largest absolute Gasteiger partial charge is 0.293 e. The number of ketones is 1. The molecule has 28 heavy (non-hydrogen) atoms. The number of nitrogens with zero attached hydrogens (tertiary/aromatic N) is 2. The van der Waals surface area contributed by atoms with Gasteiger partial charge in [0.25, 0.3) is 5.56 Å². The smallest absolute Gasteiger partial charge is 0.272 e. The molecule has 142 valence electrons. The van der Waals surface area contributed by atoms with Gasteiger partial charge in [0, 0.05) is 17.2 Å². The Kier molecular flexibility index (Phi) is 5.37. The zero-order valence-corrected chi connectivity index (χ0v) is 16.7. The predicted octanol–water partition coefficient (Wildman–Crippen LogP) is 4.38. The summed E-state index contributed by atoms with van der Waals surface area (Å²) in [6, 6.07) is 14.8. The molecule has 0 bridgehead atoms. The van der Waals surface area contributed by atoms with E-state index in [4.69, 9.17) is 0 Å². The molecule has 7 heteroatoms. The molecule has 0 fully saturated rings. The van der Waals surface area contributed by atoms with E-state index in [2.05, 4.69) is 11.9 Å².